The van der Waals surface area contributed by atoms with Gasteiger partial charge in [-0.1, -0.05) is 0 Å². The first kappa shape index (κ1) is 10.5. The second-order valence-corrected chi connectivity index (χ2v) is 4.89. The van der Waals surface area contributed by atoms with Crippen LogP contribution in [-0.2, 0) is 19.6 Å². The van der Waals surface area contributed by atoms with Gasteiger partial charge in [0.2, 0.25) is 15.9 Å². The molecule has 0 aromatic heterocycles. The number of rotatable bonds is 3. The zero-order chi connectivity index (χ0) is 9.90. The smallest absolute Gasteiger partial charge is 0.236 e. The second-order valence-electron chi connectivity index (χ2n) is 3.14. The molecular formula is C7H13NO4S. The lowest BCUT2D eigenvalue weighted by Crippen LogP contribution is -2.31. The van der Waals surface area contributed by atoms with E-state index in [4.69, 9.17) is 4.74 Å². The fourth-order valence-corrected chi connectivity index (χ4v) is 1.76. The first-order valence-electron chi connectivity index (χ1n) is 4.09. The summed E-state index contributed by atoms with van der Waals surface area (Å²) in [6.07, 6.45) is 2.75. The molecule has 0 saturated carbocycles. The van der Waals surface area contributed by atoms with Gasteiger partial charge in [0.05, 0.1) is 18.8 Å². The molecular weight excluding hydrogens is 194 g/mol. The quantitative estimate of drug-likeness (QED) is 0.685. The molecule has 1 fully saturated rings. The molecule has 76 valence electrons. The van der Waals surface area contributed by atoms with E-state index in [1.54, 1.807) is 0 Å². The fourth-order valence-electron chi connectivity index (χ4n) is 1.26. The van der Waals surface area contributed by atoms with E-state index >= 15 is 0 Å². The van der Waals surface area contributed by atoms with Gasteiger partial charge < -0.3 is 4.74 Å². The van der Waals surface area contributed by atoms with Crippen LogP contribution < -0.4 is 4.72 Å². The number of nitrogens with one attached hydrogen (secondary N) is 1. The molecule has 0 radical (unpaired) electrons. The molecule has 0 spiro atoms. The van der Waals surface area contributed by atoms with Crippen molar-refractivity contribution in [2.45, 2.75) is 25.4 Å². The zero-order valence-electron chi connectivity index (χ0n) is 7.45. The maximum atomic E-state index is 11.0. The first-order valence-corrected chi connectivity index (χ1v) is 5.99. The fraction of sp³-hybridized carbons (Fsp3) is 0.857. The molecule has 0 aromatic rings. The minimum absolute atomic E-state index is 0.109. The third-order valence-corrected chi connectivity index (χ3v) is 2.33. The van der Waals surface area contributed by atoms with E-state index < -0.39 is 15.9 Å². The summed E-state index contributed by atoms with van der Waals surface area (Å²) < 4.78 is 28.4. The molecule has 1 rings (SSSR count). The summed E-state index contributed by atoms with van der Waals surface area (Å²) in [7, 11) is -3.42. The summed E-state index contributed by atoms with van der Waals surface area (Å²) in [6.45, 7) is 0.664. The van der Waals surface area contributed by atoms with Gasteiger partial charge in [-0.3, -0.25) is 9.52 Å². The van der Waals surface area contributed by atoms with E-state index in [0.29, 0.717) is 6.61 Å². The molecule has 13 heavy (non-hydrogen) atoms. The van der Waals surface area contributed by atoms with Crippen LogP contribution in [-0.4, -0.2) is 33.3 Å². The first-order chi connectivity index (χ1) is 5.97. The average molecular weight is 207 g/mol. The van der Waals surface area contributed by atoms with Gasteiger partial charge in [-0.15, -0.1) is 0 Å². The minimum Gasteiger partial charge on any atom is -0.378 e. The predicted molar refractivity (Wildman–Crippen MR) is 46.6 cm³/mol. The van der Waals surface area contributed by atoms with Crippen molar-refractivity contribution in [1.29, 1.82) is 0 Å². The Labute approximate surface area is 77.5 Å². The van der Waals surface area contributed by atoms with E-state index in [2.05, 4.69) is 0 Å². The van der Waals surface area contributed by atoms with E-state index in [9.17, 15) is 13.2 Å². The van der Waals surface area contributed by atoms with Crippen molar-refractivity contribution in [3.63, 3.8) is 0 Å². The largest absolute Gasteiger partial charge is 0.378 e. The van der Waals surface area contributed by atoms with Crippen molar-refractivity contribution < 1.29 is 17.9 Å². The van der Waals surface area contributed by atoms with Crippen molar-refractivity contribution in [3.8, 4) is 0 Å². The Morgan fingerprint density at radius 1 is 1.62 bits per heavy atom. The molecule has 1 aliphatic heterocycles. The summed E-state index contributed by atoms with van der Waals surface area (Å²) in [5.74, 6) is -0.491. The number of carbonyl (C=O) groups is 1. The summed E-state index contributed by atoms with van der Waals surface area (Å²) in [5, 5.41) is 0. The lowest BCUT2D eigenvalue weighted by Gasteiger charge is -2.07. The predicted octanol–water partition coefficient (Wildman–Crippen LogP) is -0.369. The zero-order valence-corrected chi connectivity index (χ0v) is 8.26. The number of amides is 1. The molecule has 1 aliphatic rings. The summed E-state index contributed by atoms with van der Waals surface area (Å²) >= 11 is 0. The lowest BCUT2D eigenvalue weighted by molar-refractivity contribution is -0.121. The number of hydrogen-bond acceptors (Lipinski definition) is 4. The van der Waals surface area contributed by atoms with Crippen LogP contribution in [0.5, 0.6) is 0 Å². The number of hydrogen-bond donors (Lipinski definition) is 1. The molecule has 1 amide bonds. The van der Waals surface area contributed by atoms with Crippen LogP contribution in [0.25, 0.3) is 0 Å². The summed E-state index contributed by atoms with van der Waals surface area (Å²) in [5.41, 5.74) is 0. The Bertz CT molecular complexity index is 279. The Balaban J connectivity index is 2.33. The minimum atomic E-state index is -3.42. The van der Waals surface area contributed by atoms with Gasteiger partial charge in [0.15, 0.2) is 0 Å². The van der Waals surface area contributed by atoms with Crippen LogP contribution in [0, 0.1) is 0 Å². The van der Waals surface area contributed by atoms with Crippen LogP contribution in [0.2, 0.25) is 0 Å². The SMILES string of the molecule is CS(=O)(=O)NC(=O)CC1CCCO1. The van der Waals surface area contributed by atoms with Crippen LogP contribution in [0.15, 0.2) is 0 Å². The highest BCUT2D eigenvalue weighted by atomic mass is 32.2. The second kappa shape index (κ2) is 4.06. The van der Waals surface area contributed by atoms with Gasteiger partial charge in [0, 0.05) is 6.61 Å². The maximum Gasteiger partial charge on any atom is 0.236 e. The standard InChI is InChI=1S/C7H13NO4S/c1-13(10,11)8-7(9)5-6-3-2-4-12-6/h6H,2-5H2,1H3,(H,8,9). The summed E-state index contributed by atoms with van der Waals surface area (Å²) in [4.78, 5) is 11.0. The van der Waals surface area contributed by atoms with E-state index in [0.717, 1.165) is 19.1 Å². The van der Waals surface area contributed by atoms with Gasteiger partial charge in [0.25, 0.3) is 0 Å². The van der Waals surface area contributed by atoms with Crippen molar-refractivity contribution >= 4 is 15.9 Å². The van der Waals surface area contributed by atoms with Gasteiger partial charge >= 0.3 is 0 Å². The van der Waals surface area contributed by atoms with Crippen LogP contribution in [0.1, 0.15) is 19.3 Å². The molecule has 0 aliphatic carbocycles. The van der Waals surface area contributed by atoms with Crippen molar-refractivity contribution in [1.82, 2.24) is 4.72 Å². The Morgan fingerprint density at radius 2 is 2.31 bits per heavy atom. The van der Waals surface area contributed by atoms with E-state index in [1.807, 2.05) is 4.72 Å². The van der Waals surface area contributed by atoms with E-state index in [-0.39, 0.29) is 12.5 Å². The molecule has 1 saturated heterocycles. The third kappa shape index (κ3) is 4.23. The lowest BCUT2D eigenvalue weighted by atomic mass is 10.2. The Kier molecular flexibility index (Phi) is 3.27. The van der Waals surface area contributed by atoms with Crippen LogP contribution in [0.4, 0.5) is 0 Å². The van der Waals surface area contributed by atoms with Gasteiger partial charge in [0.1, 0.15) is 0 Å². The number of sulfonamides is 1. The maximum absolute atomic E-state index is 11.0. The molecule has 1 unspecified atom stereocenters. The van der Waals surface area contributed by atoms with Crippen LogP contribution >= 0.6 is 0 Å². The van der Waals surface area contributed by atoms with Gasteiger partial charge in [-0.05, 0) is 12.8 Å². The summed E-state index contributed by atoms with van der Waals surface area (Å²) in [6, 6.07) is 0. The highest BCUT2D eigenvalue weighted by molar-refractivity contribution is 7.89. The normalized spacial score (nSPS) is 23.0. The van der Waals surface area contributed by atoms with Crippen molar-refractivity contribution in [2.24, 2.45) is 0 Å². The molecule has 1 heterocycles. The highest BCUT2D eigenvalue weighted by Gasteiger charge is 2.20. The topological polar surface area (TPSA) is 72.5 Å². The van der Waals surface area contributed by atoms with Gasteiger partial charge in [-0.2, -0.15) is 0 Å². The highest BCUT2D eigenvalue weighted by Crippen LogP contribution is 2.14. The third-order valence-electron chi connectivity index (χ3n) is 1.74. The van der Waals surface area contributed by atoms with Gasteiger partial charge in [-0.25, -0.2) is 8.42 Å². The van der Waals surface area contributed by atoms with Crippen LogP contribution in [0.3, 0.4) is 0 Å². The molecule has 1 N–H and O–H groups in total. The molecule has 6 heteroatoms. The molecule has 0 bridgehead atoms. The van der Waals surface area contributed by atoms with Crippen molar-refractivity contribution in [2.75, 3.05) is 12.9 Å². The van der Waals surface area contributed by atoms with Crippen molar-refractivity contribution in [3.05, 3.63) is 0 Å². The molecule has 5 nitrogen and oxygen atoms in total. The average Bonchev–Trinajstić information content (AvgIpc) is 2.34. The number of carbonyl (C=O) groups excluding carboxylic acids is 1. The Morgan fingerprint density at radius 3 is 2.77 bits per heavy atom. The molecule has 1 atom stereocenters. The van der Waals surface area contributed by atoms with E-state index in [1.165, 1.54) is 0 Å². The Hall–Kier alpha value is -0.620. The molecule has 0 aromatic carbocycles. The monoisotopic (exact) mass is 207 g/mol. The number of ether oxygens (including phenoxy) is 1.